The van der Waals surface area contributed by atoms with Crippen molar-refractivity contribution in [3.63, 3.8) is 0 Å². The molecular weight excluding hydrogens is 210 g/mol. The highest BCUT2D eigenvalue weighted by Crippen LogP contribution is 2.15. The van der Waals surface area contributed by atoms with Crippen LogP contribution in [0.4, 0.5) is 0 Å². The molecule has 0 saturated carbocycles. The summed E-state index contributed by atoms with van der Waals surface area (Å²) in [7, 11) is 1.88. The number of nitrogens with two attached hydrogens (primary N) is 1. The Balaban J connectivity index is 2.57. The number of likely N-dealkylation sites (N-methyl/N-ethyl adjacent to an activating group) is 1. The second-order valence-electron chi connectivity index (χ2n) is 3.57. The Labute approximate surface area is 94.1 Å². The molecule has 1 amide bonds. The molecule has 0 saturated heterocycles. The van der Waals surface area contributed by atoms with Crippen molar-refractivity contribution in [1.82, 2.24) is 9.88 Å². The van der Waals surface area contributed by atoms with Crippen molar-refractivity contribution in [2.75, 3.05) is 7.05 Å². The minimum atomic E-state index is -0.301. The molecule has 0 aliphatic rings. The van der Waals surface area contributed by atoms with Gasteiger partial charge in [-0.15, -0.1) is 11.3 Å². The smallest absolute Gasteiger partial charge is 0.234 e. The third kappa shape index (κ3) is 3.28. The molecule has 4 nitrogen and oxygen atoms in total. The zero-order chi connectivity index (χ0) is 11.4. The van der Waals surface area contributed by atoms with Crippen LogP contribution in [-0.2, 0) is 17.8 Å². The van der Waals surface area contributed by atoms with Crippen LogP contribution in [0, 0.1) is 0 Å². The van der Waals surface area contributed by atoms with E-state index in [1.165, 1.54) is 4.88 Å². The number of aromatic nitrogens is 1. The summed E-state index contributed by atoms with van der Waals surface area (Å²) in [5.74, 6) is -0.301. The Morgan fingerprint density at radius 2 is 2.40 bits per heavy atom. The first-order chi connectivity index (χ1) is 7.04. The van der Waals surface area contributed by atoms with Gasteiger partial charge < -0.3 is 5.73 Å². The van der Waals surface area contributed by atoms with Gasteiger partial charge >= 0.3 is 0 Å². The summed E-state index contributed by atoms with van der Waals surface area (Å²) in [6.07, 6.45) is 2.90. The number of hydrogen-bond acceptors (Lipinski definition) is 4. The van der Waals surface area contributed by atoms with E-state index in [1.807, 2.05) is 18.1 Å². The molecule has 0 fully saturated rings. The van der Waals surface area contributed by atoms with Gasteiger partial charge in [-0.2, -0.15) is 0 Å². The van der Waals surface area contributed by atoms with Gasteiger partial charge in [0.05, 0.1) is 12.6 Å². The number of carbonyl (C=O) groups excluding carboxylic acids is 1. The zero-order valence-electron chi connectivity index (χ0n) is 9.36. The summed E-state index contributed by atoms with van der Waals surface area (Å²) in [6.45, 7) is 4.58. The summed E-state index contributed by atoms with van der Waals surface area (Å²) in [5.41, 5.74) is 5.22. The number of amides is 1. The van der Waals surface area contributed by atoms with Crippen molar-refractivity contribution >= 4 is 17.2 Å². The SMILES string of the molecule is CCc1cnc(CN(C)C(C)C(N)=O)s1. The van der Waals surface area contributed by atoms with Gasteiger partial charge in [-0.25, -0.2) is 4.98 Å². The maximum atomic E-state index is 11.0. The standard InChI is InChI=1S/C10H17N3OS/c1-4-8-5-12-9(15-8)6-13(3)7(2)10(11)14/h5,7H,4,6H2,1-3H3,(H2,11,14). The molecular formula is C10H17N3OS. The minimum Gasteiger partial charge on any atom is -0.368 e. The molecule has 15 heavy (non-hydrogen) atoms. The molecule has 0 aliphatic heterocycles. The van der Waals surface area contributed by atoms with E-state index in [4.69, 9.17) is 5.73 Å². The van der Waals surface area contributed by atoms with Crippen LogP contribution in [-0.4, -0.2) is 28.9 Å². The van der Waals surface area contributed by atoms with E-state index >= 15 is 0 Å². The average Bonchev–Trinajstić information content (AvgIpc) is 2.64. The summed E-state index contributed by atoms with van der Waals surface area (Å²) >= 11 is 1.69. The predicted molar refractivity (Wildman–Crippen MR) is 61.6 cm³/mol. The fourth-order valence-corrected chi connectivity index (χ4v) is 2.08. The molecule has 1 rings (SSSR count). The molecule has 0 aromatic carbocycles. The minimum absolute atomic E-state index is 0.251. The molecule has 1 atom stereocenters. The monoisotopic (exact) mass is 227 g/mol. The largest absolute Gasteiger partial charge is 0.368 e. The van der Waals surface area contributed by atoms with Crippen molar-refractivity contribution in [1.29, 1.82) is 0 Å². The molecule has 0 radical (unpaired) electrons. The van der Waals surface area contributed by atoms with E-state index in [2.05, 4.69) is 11.9 Å². The normalized spacial score (nSPS) is 13.1. The Morgan fingerprint density at radius 3 is 2.87 bits per heavy atom. The maximum absolute atomic E-state index is 11.0. The number of thiazole rings is 1. The van der Waals surface area contributed by atoms with E-state index in [1.54, 1.807) is 18.3 Å². The van der Waals surface area contributed by atoms with Crippen molar-refractivity contribution in [2.24, 2.45) is 5.73 Å². The van der Waals surface area contributed by atoms with Crippen LogP contribution < -0.4 is 5.73 Å². The molecule has 1 unspecified atom stereocenters. The van der Waals surface area contributed by atoms with Gasteiger partial charge in [-0.3, -0.25) is 9.69 Å². The van der Waals surface area contributed by atoms with Crippen molar-refractivity contribution in [3.05, 3.63) is 16.1 Å². The number of rotatable bonds is 5. The van der Waals surface area contributed by atoms with Gasteiger partial charge in [0.2, 0.25) is 5.91 Å². The fraction of sp³-hybridized carbons (Fsp3) is 0.600. The molecule has 2 N–H and O–H groups in total. The molecule has 84 valence electrons. The van der Waals surface area contributed by atoms with Crippen LogP contribution in [0.15, 0.2) is 6.20 Å². The van der Waals surface area contributed by atoms with Crippen LogP contribution in [0.25, 0.3) is 0 Å². The van der Waals surface area contributed by atoms with Gasteiger partial charge in [0, 0.05) is 11.1 Å². The fourth-order valence-electron chi connectivity index (χ4n) is 1.15. The number of primary amides is 1. The summed E-state index contributed by atoms with van der Waals surface area (Å²) < 4.78 is 0. The average molecular weight is 227 g/mol. The lowest BCUT2D eigenvalue weighted by Crippen LogP contribution is -2.39. The van der Waals surface area contributed by atoms with Crippen molar-refractivity contribution in [2.45, 2.75) is 32.9 Å². The molecule has 0 spiro atoms. The zero-order valence-corrected chi connectivity index (χ0v) is 10.2. The van der Waals surface area contributed by atoms with Gasteiger partial charge in [-0.05, 0) is 20.4 Å². The lowest BCUT2D eigenvalue weighted by atomic mass is 10.3. The molecule has 0 aliphatic carbocycles. The third-order valence-corrected chi connectivity index (χ3v) is 3.53. The molecule has 0 bridgehead atoms. The highest BCUT2D eigenvalue weighted by Gasteiger charge is 2.15. The van der Waals surface area contributed by atoms with Crippen molar-refractivity contribution < 1.29 is 4.79 Å². The molecule has 1 heterocycles. The van der Waals surface area contributed by atoms with E-state index < -0.39 is 0 Å². The van der Waals surface area contributed by atoms with Crippen LogP contribution in [0.2, 0.25) is 0 Å². The molecule has 1 aromatic rings. The van der Waals surface area contributed by atoms with Crippen LogP contribution >= 0.6 is 11.3 Å². The van der Waals surface area contributed by atoms with E-state index in [0.29, 0.717) is 6.54 Å². The Bertz CT molecular complexity index is 337. The number of nitrogens with zero attached hydrogens (tertiary/aromatic N) is 2. The summed E-state index contributed by atoms with van der Waals surface area (Å²) in [5, 5.41) is 1.03. The lowest BCUT2D eigenvalue weighted by Gasteiger charge is -2.20. The van der Waals surface area contributed by atoms with Crippen LogP contribution in [0.5, 0.6) is 0 Å². The number of aryl methyl sites for hydroxylation is 1. The quantitative estimate of drug-likeness (QED) is 0.816. The topological polar surface area (TPSA) is 59.2 Å². The highest BCUT2D eigenvalue weighted by atomic mass is 32.1. The predicted octanol–water partition coefficient (Wildman–Crippen LogP) is 1.01. The summed E-state index contributed by atoms with van der Waals surface area (Å²) in [6, 6.07) is -0.251. The first-order valence-electron chi connectivity index (χ1n) is 4.97. The van der Waals surface area contributed by atoms with Gasteiger partial charge in [0.1, 0.15) is 5.01 Å². The highest BCUT2D eigenvalue weighted by molar-refractivity contribution is 7.11. The van der Waals surface area contributed by atoms with E-state index in [-0.39, 0.29) is 11.9 Å². The Morgan fingerprint density at radius 1 is 1.73 bits per heavy atom. The third-order valence-electron chi connectivity index (χ3n) is 2.41. The number of hydrogen-bond donors (Lipinski definition) is 1. The van der Waals surface area contributed by atoms with Crippen molar-refractivity contribution in [3.8, 4) is 0 Å². The van der Waals surface area contributed by atoms with Gasteiger partial charge in [-0.1, -0.05) is 6.92 Å². The van der Waals surface area contributed by atoms with Gasteiger partial charge in [0.25, 0.3) is 0 Å². The maximum Gasteiger partial charge on any atom is 0.234 e. The Hall–Kier alpha value is -0.940. The Kier molecular flexibility index (Phi) is 4.23. The first-order valence-corrected chi connectivity index (χ1v) is 5.79. The second kappa shape index (κ2) is 5.23. The summed E-state index contributed by atoms with van der Waals surface area (Å²) in [4.78, 5) is 18.4. The van der Waals surface area contributed by atoms with Crippen LogP contribution in [0.3, 0.4) is 0 Å². The number of carbonyl (C=O) groups is 1. The lowest BCUT2D eigenvalue weighted by molar-refractivity contribution is -0.122. The van der Waals surface area contributed by atoms with E-state index in [0.717, 1.165) is 11.4 Å². The second-order valence-corrected chi connectivity index (χ2v) is 4.77. The molecule has 1 aromatic heterocycles. The molecule has 5 heteroatoms. The van der Waals surface area contributed by atoms with E-state index in [9.17, 15) is 4.79 Å². The van der Waals surface area contributed by atoms with Crippen LogP contribution in [0.1, 0.15) is 23.7 Å². The first kappa shape index (κ1) is 12.1. The van der Waals surface area contributed by atoms with Gasteiger partial charge in [0.15, 0.2) is 0 Å².